The van der Waals surface area contributed by atoms with Crippen molar-refractivity contribution in [1.29, 1.82) is 0 Å². The van der Waals surface area contributed by atoms with Gasteiger partial charge in [-0.3, -0.25) is 4.79 Å². The summed E-state index contributed by atoms with van der Waals surface area (Å²) in [4.78, 5) is 24.7. The van der Waals surface area contributed by atoms with Crippen LogP contribution in [-0.2, 0) is 13.5 Å². The number of nitrogens with one attached hydrogen (secondary N) is 2. The van der Waals surface area contributed by atoms with Crippen LogP contribution in [0.3, 0.4) is 0 Å². The first-order chi connectivity index (χ1) is 11.4. The highest BCUT2D eigenvalue weighted by Gasteiger charge is 2.14. The number of pyridine rings is 1. The molecule has 0 fully saturated rings. The predicted molar refractivity (Wildman–Crippen MR) is 102 cm³/mol. The largest absolute Gasteiger partial charge is 0.323 e. The third kappa shape index (κ3) is 4.26. The lowest BCUT2D eigenvalue weighted by atomic mass is 10.0. The van der Waals surface area contributed by atoms with E-state index in [1.807, 2.05) is 31.3 Å². The lowest BCUT2D eigenvalue weighted by Crippen LogP contribution is -2.28. The summed E-state index contributed by atoms with van der Waals surface area (Å²) in [6, 6.07) is 6.88. The molecule has 0 bridgehead atoms. The maximum absolute atomic E-state index is 12.4. The third-order valence-corrected chi connectivity index (χ3v) is 4.59. The Balaban J connectivity index is 2.25. The maximum Gasteiger partial charge on any atom is 0.323 e. The van der Waals surface area contributed by atoms with Gasteiger partial charge in [-0.05, 0) is 59.0 Å². The monoisotopic (exact) mass is 391 g/mol. The number of nitrogens with zero attached hydrogens (tertiary/aromatic N) is 1. The zero-order valence-corrected chi connectivity index (χ0v) is 15.7. The summed E-state index contributed by atoms with van der Waals surface area (Å²) in [6.45, 7) is 4.00. The summed E-state index contributed by atoms with van der Waals surface area (Å²) in [5, 5.41) is 5.46. The fourth-order valence-corrected chi connectivity index (χ4v) is 2.87. The van der Waals surface area contributed by atoms with E-state index in [0.29, 0.717) is 11.4 Å². The van der Waals surface area contributed by atoms with E-state index in [9.17, 15) is 9.59 Å². The third-order valence-electron chi connectivity index (χ3n) is 3.90. The topological polar surface area (TPSA) is 63.1 Å². The molecular formula is C18H22BrN3O2. The SMILES string of the molecule is CCCCc1cn(C)c(=O)c(NC(=O)Nc2ccccc2Br)c1C. The molecule has 0 aliphatic heterocycles. The Morgan fingerprint density at radius 1 is 1.25 bits per heavy atom. The summed E-state index contributed by atoms with van der Waals surface area (Å²) < 4.78 is 2.30. The van der Waals surface area contributed by atoms with Crippen molar-refractivity contribution in [3.63, 3.8) is 0 Å². The van der Waals surface area contributed by atoms with E-state index in [1.165, 1.54) is 4.57 Å². The summed E-state index contributed by atoms with van der Waals surface area (Å²) in [6.07, 6.45) is 4.86. The quantitative estimate of drug-likeness (QED) is 0.790. The number of urea groups is 1. The average molecular weight is 392 g/mol. The Hall–Kier alpha value is -2.08. The number of unbranched alkanes of at least 4 members (excludes halogenated alkanes) is 1. The number of amides is 2. The molecule has 128 valence electrons. The van der Waals surface area contributed by atoms with E-state index < -0.39 is 6.03 Å². The van der Waals surface area contributed by atoms with Gasteiger partial charge in [0.05, 0.1) is 5.69 Å². The second-order valence-corrected chi connectivity index (χ2v) is 6.59. The smallest absolute Gasteiger partial charge is 0.317 e. The molecule has 0 aliphatic carbocycles. The molecule has 2 aromatic rings. The van der Waals surface area contributed by atoms with Crippen molar-refractivity contribution in [3.8, 4) is 0 Å². The minimum absolute atomic E-state index is 0.213. The highest BCUT2D eigenvalue weighted by molar-refractivity contribution is 9.10. The van der Waals surface area contributed by atoms with Gasteiger partial charge < -0.3 is 15.2 Å². The number of rotatable bonds is 5. The molecular weight excluding hydrogens is 370 g/mol. The fraction of sp³-hybridized carbons (Fsp3) is 0.333. The number of carbonyl (C=O) groups is 1. The molecule has 1 aromatic heterocycles. The van der Waals surface area contributed by atoms with E-state index in [1.54, 1.807) is 13.1 Å². The van der Waals surface area contributed by atoms with Crippen LogP contribution < -0.4 is 16.2 Å². The van der Waals surface area contributed by atoms with Gasteiger partial charge in [0.25, 0.3) is 5.56 Å². The summed E-state index contributed by atoms with van der Waals surface area (Å²) in [5.74, 6) is 0. The lowest BCUT2D eigenvalue weighted by Gasteiger charge is -2.15. The van der Waals surface area contributed by atoms with Gasteiger partial charge in [0, 0.05) is 17.7 Å². The molecule has 0 saturated carbocycles. The number of carbonyl (C=O) groups excluding carboxylic acids is 1. The van der Waals surface area contributed by atoms with Gasteiger partial charge >= 0.3 is 6.03 Å². The van der Waals surface area contributed by atoms with Gasteiger partial charge in [0.1, 0.15) is 5.69 Å². The second kappa shape index (κ2) is 8.15. The highest BCUT2D eigenvalue weighted by Crippen LogP contribution is 2.22. The number of para-hydroxylation sites is 1. The Bertz CT molecular complexity index is 799. The van der Waals surface area contributed by atoms with Gasteiger partial charge in [-0.2, -0.15) is 0 Å². The van der Waals surface area contributed by atoms with E-state index in [-0.39, 0.29) is 5.56 Å². The highest BCUT2D eigenvalue weighted by atomic mass is 79.9. The van der Waals surface area contributed by atoms with Crippen molar-refractivity contribution < 1.29 is 4.79 Å². The Kier molecular flexibility index (Phi) is 6.20. The van der Waals surface area contributed by atoms with Crippen LogP contribution >= 0.6 is 15.9 Å². The molecule has 1 aromatic carbocycles. The first kappa shape index (κ1) is 18.3. The number of halogens is 1. The van der Waals surface area contributed by atoms with Crippen LogP contribution in [0.1, 0.15) is 30.9 Å². The van der Waals surface area contributed by atoms with Crippen LogP contribution in [0.25, 0.3) is 0 Å². The molecule has 0 spiro atoms. The summed E-state index contributed by atoms with van der Waals surface area (Å²) in [7, 11) is 1.70. The molecule has 2 rings (SSSR count). The molecule has 5 nitrogen and oxygen atoms in total. The van der Waals surface area contributed by atoms with Crippen molar-refractivity contribution in [2.45, 2.75) is 33.1 Å². The van der Waals surface area contributed by atoms with Gasteiger partial charge in [-0.1, -0.05) is 25.5 Å². The lowest BCUT2D eigenvalue weighted by molar-refractivity contribution is 0.262. The van der Waals surface area contributed by atoms with Crippen molar-refractivity contribution in [3.05, 3.63) is 56.4 Å². The van der Waals surface area contributed by atoms with Gasteiger partial charge in [0.2, 0.25) is 0 Å². The van der Waals surface area contributed by atoms with Crippen LogP contribution in [0.2, 0.25) is 0 Å². The molecule has 0 atom stereocenters. The minimum atomic E-state index is -0.435. The van der Waals surface area contributed by atoms with Gasteiger partial charge in [-0.25, -0.2) is 4.79 Å². The number of hydrogen-bond acceptors (Lipinski definition) is 2. The normalized spacial score (nSPS) is 10.5. The molecule has 2 amide bonds. The Morgan fingerprint density at radius 3 is 2.62 bits per heavy atom. The molecule has 0 aliphatic rings. The average Bonchev–Trinajstić information content (AvgIpc) is 2.56. The second-order valence-electron chi connectivity index (χ2n) is 5.73. The zero-order valence-electron chi connectivity index (χ0n) is 14.1. The van der Waals surface area contributed by atoms with Crippen LogP contribution in [0.5, 0.6) is 0 Å². The van der Waals surface area contributed by atoms with Crippen LogP contribution in [0, 0.1) is 6.92 Å². The van der Waals surface area contributed by atoms with Crippen LogP contribution in [-0.4, -0.2) is 10.6 Å². The summed E-state index contributed by atoms with van der Waals surface area (Å²) >= 11 is 3.38. The van der Waals surface area contributed by atoms with Crippen molar-refractivity contribution in [1.82, 2.24) is 4.57 Å². The number of hydrogen-bond donors (Lipinski definition) is 2. The minimum Gasteiger partial charge on any atom is -0.317 e. The number of benzene rings is 1. The molecule has 2 N–H and O–H groups in total. The fourth-order valence-electron chi connectivity index (χ4n) is 2.48. The Labute approximate surface area is 150 Å². The van der Waals surface area contributed by atoms with E-state index in [2.05, 4.69) is 33.5 Å². The zero-order chi connectivity index (χ0) is 17.7. The number of aromatic nitrogens is 1. The molecule has 1 heterocycles. The first-order valence-corrected chi connectivity index (χ1v) is 8.75. The van der Waals surface area contributed by atoms with Gasteiger partial charge in [0.15, 0.2) is 0 Å². The van der Waals surface area contributed by atoms with Crippen LogP contribution in [0.4, 0.5) is 16.2 Å². The van der Waals surface area contributed by atoms with Crippen molar-refractivity contribution >= 4 is 33.3 Å². The van der Waals surface area contributed by atoms with Crippen LogP contribution in [0.15, 0.2) is 39.7 Å². The summed E-state index contributed by atoms with van der Waals surface area (Å²) in [5.41, 5.74) is 2.67. The number of aryl methyl sites for hydroxylation is 2. The van der Waals surface area contributed by atoms with Crippen molar-refractivity contribution in [2.75, 3.05) is 10.6 Å². The molecule has 6 heteroatoms. The standard InChI is InChI=1S/C18H22BrN3O2/c1-4-5-8-13-11-22(3)17(23)16(12(13)2)21-18(24)20-15-10-7-6-9-14(15)19/h6-7,9-11H,4-5,8H2,1-3H3,(H2,20,21,24). The Morgan fingerprint density at radius 2 is 1.96 bits per heavy atom. The van der Waals surface area contributed by atoms with E-state index in [4.69, 9.17) is 0 Å². The predicted octanol–water partition coefficient (Wildman–Crippen LogP) is 4.44. The molecule has 0 radical (unpaired) electrons. The molecule has 0 unspecified atom stereocenters. The first-order valence-electron chi connectivity index (χ1n) is 7.95. The molecule has 0 saturated heterocycles. The molecule has 24 heavy (non-hydrogen) atoms. The maximum atomic E-state index is 12.4. The number of anilines is 2. The van der Waals surface area contributed by atoms with Gasteiger partial charge in [-0.15, -0.1) is 0 Å². The van der Waals surface area contributed by atoms with E-state index >= 15 is 0 Å². The van der Waals surface area contributed by atoms with E-state index in [0.717, 1.165) is 34.9 Å². The van der Waals surface area contributed by atoms with Crippen molar-refractivity contribution in [2.24, 2.45) is 7.05 Å².